The third-order valence-corrected chi connectivity index (χ3v) is 12.6. The Morgan fingerprint density at radius 2 is 1.06 bits per heavy atom. The minimum atomic E-state index is -0.0847. The third kappa shape index (κ3) is 4.72. The molecule has 3 heteroatoms. The average Bonchev–Trinajstić information content (AvgIpc) is 3.71. The Balaban J connectivity index is 1.07. The lowest BCUT2D eigenvalue weighted by Gasteiger charge is -2.23. The molecule has 2 nitrogen and oxygen atoms in total. The number of aromatic nitrogens is 2. The zero-order valence-corrected chi connectivity index (χ0v) is 30.8. The van der Waals surface area contributed by atoms with Crippen molar-refractivity contribution >= 4 is 53.1 Å². The fraction of sp³-hybridized carbons (Fsp3) is 0.0588. The molecule has 0 bridgehead atoms. The van der Waals surface area contributed by atoms with Gasteiger partial charge in [-0.3, -0.25) is 0 Å². The Labute approximate surface area is 318 Å². The van der Waals surface area contributed by atoms with E-state index < -0.39 is 0 Å². The second-order valence-corrected chi connectivity index (χ2v) is 16.0. The van der Waals surface area contributed by atoms with E-state index in [1.54, 1.807) is 0 Å². The molecule has 54 heavy (non-hydrogen) atoms. The molecule has 2 aromatic heterocycles. The molecular weight excluding hydrogens is 673 g/mol. The van der Waals surface area contributed by atoms with Crippen LogP contribution in [0.3, 0.4) is 0 Å². The molecule has 10 aromatic rings. The molecule has 0 unspecified atom stereocenters. The first kappa shape index (κ1) is 31.1. The van der Waals surface area contributed by atoms with Crippen LogP contribution in [-0.4, -0.2) is 9.97 Å². The fourth-order valence-corrected chi connectivity index (χ4v) is 10.0. The van der Waals surface area contributed by atoms with E-state index in [4.69, 9.17) is 9.97 Å². The van der Waals surface area contributed by atoms with Crippen molar-refractivity contribution in [3.8, 4) is 56.2 Å². The van der Waals surface area contributed by atoms with Gasteiger partial charge in [0, 0.05) is 42.3 Å². The summed E-state index contributed by atoms with van der Waals surface area (Å²) in [4.78, 5) is 10.4. The van der Waals surface area contributed by atoms with Crippen molar-refractivity contribution in [3.05, 3.63) is 181 Å². The molecule has 1 aliphatic carbocycles. The van der Waals surface area contributed by atoms with Crippen LogP contribution in [0.4, 0.5) is 0 Å². The van der Waals surface area contributed by atoms with Gasteiger partial charge in [0.2, 0.25) is 0 Å². The lowest BCUT2D eigenvalue weighted by atomic mass is 9.80. The van der Waals surface area contributed by atoms with Crippen molar-refractivity contribution in [1.29, 1.82) is 0 Å². The molecule has 8 aromatic carbocycles. The molecule has 11 rings (SSSR count). The lowest BCUT2D eigenvalue weighted by molar-refractivity contribution is 0.666. The lowest BCUT2D eigenvalue weighted by Crippen LogP contribution is -2.15. The van der Waals surface area contributed by atoms with Crippen molar-refractivity contribution in [2.45, 2.75) is 19.3 Å². The van der Waals surface area contributed by atoms with Crippen LogP contribution in [0.5, 0.6) is 0 Å². The largest absolute Gasteiger partial charge is 0.228 e. The maximum Gasteiger partial charge on any atom is 0.160 e. The Bertz CT molecular complexity index is 3130. The number of fused-ring (bicyclic) bond motifs is 9. The number of thiophene rings is 1. The minimum absolute atomic E-state index is 0.0847. The number of hydrogen-bond acceptors (Lipinski definition) is 3. The summed E-state index contributed by atoms with van der Waals surface area (Å²) in [5.74, 6) is 0.722. The minimum Gasteiger partial charge on any atom is -0.228 e. The predicted molar refractivity (Wildman–Crippen MR) is 229 cm³/mol. The van der Waals surface area contributed by atoms with Gasteiger partial charge < -0.3 is 0 Å². The molecule has 0 atom stereocenters. The van der Waals surface area contributed by atoms with E-state index in [1.165, 1.54) is 75.1 Å². The number of nitrogens with zero attached hydrogens (tertiary/aromatic N) is 2. The summed E-state index contributed by atoms with van der Waals surface area (Å²) in [6.07, 6.45) is 0. The first-order valence-electron chi connectivity index (χ1n) is 18.6. The van der Waals surface area contributed by atoms with Gasteiger partial charge in [-0.05, 0) is 79.2 Å². The molecule has 0 N–H and O–H groups in total. The molecule has 0 saturated heterocycles. The molecule has 254 valence electrons. The van der Waals surface area contributed by atoms with Crippen LogP contribution in [0.1, 0.15) is 25.0 Å². The predicted octanol–water partition coefficient (Wildman–Crippen LogP) is 14.1. The van der Waals surface area contributed by atoms with E-state index >= 15 is 0 Å². The van der Waals surface area contributed by atoms with Crippen LogP contribution in [-0.2, 0) is 5.41 Å². The van der Waals surface area contributed by atoms with E-state index in [2.05, 4.69) is 178 Å². The smallest absolute Gasteiger partial charge is 0.160 e. The summed E-state index contributed by atoms with van der Waals surface area (Å²) in [6.45, 7) is 4.74. The van der Waals surface area contributed by atoms with Crippen molar-refractivity contribution in [2.75, 3.05) is 0 Å². The first-order valence-corrected chi connectivity index (χ1v) is 19.4. The summed E-state index contributed by atoms with van der Waals surface area (Å²) in [6, 6.07) is 61.7. The van der Waals surface area contributed by atoms with Gasteiger partial charge in [0.25, 0.3) is 0 Å². The molecule has 2 heterocycles. The summed E-state index contributed by atoms with van der Waals surface area (Å²) in [7, 11) is 0. The SMILES string of the molecule is CC1(C)c2ccc(-c3ccc(-c4cc(-c5ccc6c(c5)sc5ccccc56)nc(-c5ccccc5)n4)c4ccccc34)cc2-c2ccc3ccccc3c21. The summed E-state index contributed by atoms with van der Waals surface area (Å²) >= 11 is 1.83. The molecule has 0 spiro atoms. The molecule has 0 aliphatic heterocycles. The van der Waals surface area contributed by atoms with E-state index in [0.717, 1.165) is 33.9 Å². The third-order valence-electron chi connectivity index (χ3n) is 11.5. The van der Waals surface area contributed by atoms with Crippen molar-refractivity contribution < 1.29 is 0 Å². The second-order valence-electron chi connectivity index (χ2n) is 14.9. The van der Waals surface area contributed by atoms with Crippen LogP contribution < -0.4 is 0 Å². The van der Waals surface area contributed by atoms with Gasteiger partial charge >= 0.3 is 0 Å². The van der Waals surface area contributed by atoms with Gasteiger partial charge in [-0.15, -0.1) is 11.3 Å². The monoisotopic (exact) mass is 706 g/mol. The Morgan fingerprint density at radius 3 is 1.91 bits per heavy atom. The van der Waals surface area contributed by atoms with Crippen LogP contribution in [0.2, 0.25) is 0 Å². The Morgan fingerprint density at radius 1 is 0.407 bits per heavy atom. The summed E-state index contributed by atoms with van der Waals surface area (Å²) in [5, 5.41) is 7.60. The summed E-state index contributed by atoms with van der Waals surface area (Å²) in [5.41, 5.74) is 12.8. The highest BCUT2D eigenvalue weighted by molar-refractivity contribution is 7.25. The van der Waals surface area contributed by atoms with Crippen LogP contribution in [0.15, 0.2) is 170 Å². The highest BCUT2D eigenvalue weighted by Gasteiger charge is 2.37. The van der Waals surface area contributed by atoms with Gasteiger partial charge in [-0.25, -0.2) is 9.97 Å². The summed E-state index contributed by atoms with van der Waals surface area (Å²) < 4.78 is 2.56. The quantitative estimate of drug-likeness (QED) is 0.182. The molecule has 0 saturated carbocycles. The Hall–Kier alpha value is -6.42. The zero-order chi connectivity index (χ0) is 36.0. The van der Waals surface area contributed by atoms with Crippen LogP contribution in [0.25, 0.3) is 97.9 Å². The van der Waals surface area contributed by atoms with Gasteiger partial charge in [-0.2, -0.15) is 0 Å². The number of hydrogen-bond donors (Lipinski definition) is 0. The number of rotatable bonds is 4. The van der Waals surface area contributed by atoms with Gasteiger partial charge in [0.15, 0.2) is 5.82 Å². The van der Waals surface area contributed by atoms with Crippen molar-refractivity contribution in [2.24, 2.45) is 0 Å². The second kappa shape index (κ2) is 11.8. The van der Waals surface area contributed by atoms with Gasteiger partial charge in [0.05, 0.1) is 11.4 Å². The van der Waals surface area contributed by atoms with E-state index in [9.17, 15) is 0 Å². The molecule has 0 radical (unpaired) electrons. The topological polar surface area (TPSA) is 25.8 Å². The van der Waals surface area contributed by atoms with Crippen LogP contribution in [0, 0.1) is 0 Å². The highest BCUT2D eigenvalue weighted by Crippen LogP contribution is 2.52. The molecular formula is C51H34N2S. The molecule has 0 fully saturated rings. The van der Waals surface area contributed by atoms with E-state index in [-0.39, 0.29) is 5.41 Å². The highest BCUT2D eigenvalue weighted by atomic mass is 32.1. The van der Waals surface area contributed by atoms with E-state index in [0.29, 0.717) is 0 Å². The Kier molecular flexibility index (Phi) is 6.80. The van der Waals surface area contributed by atoms with Gasteiger partial charge in [0.1, 0.15) is 0 Å². The van der Waals surface area contributed by atoms with Gasteiger partial charge in [-0.1, -0.05) is 159 Å². The first-order chi connectivity index (χ1) is 26.5. The van der Waals surface area contributed by atoms with Crippen LogP contribution >= 0.6 is 11.3 Å². The zero-order valence-electron chi connectivity index (χ0n) is 30.0. The maximum absolute atomic E-state index is 5.25. The van der Waals surface area contributed by atoms with Crippen molar-refractivity contribution in [1.82, 2.24) is 9.97 Å². The number of benzene rings is 8. The standard InChI is InChI=1S/C51H34N2S/c1-51(2)44-27-22-33(28-43(44)42-24-20-31-12-6-7-15-36(31)49(42)51)35-25-26-39(38-17-9-8-16-37(35)38)46-30-45(52-50(53-46)32-13-4-3-5-14-32)34-21-23-41-40-18-10-11-19-47(40)54-48(41)29-34/h3-30H,1-2H3. The van der Waals surface area contributed by atoms with Crippen molar-refractivity contribution in [3.63, 3.8) is 0 Å². The van der Waals surface area contributed by atoms with E-state index in [1.807, 2.05) is 17.4 Å². The fourth-order valence-electron chi connectivity index (χ4n) is 8.89. The molecule has 0 amide bonds. The average molecular weight is 707 g/mol. The maximum atomic E-state index is 5.25. The molecule has 1 aliphatic rings. The normalized spacial score (nSPS) is 13.1.